The zero-order valence-electron chi connectivity index (χ0n) is 13.7. The van der Waals surface area contributed by atoms with Crippen LogP contribution < -0.4 is 9.61 Å². The molecule has 0 radical (unpaired) electrons. The number of para-hydroxylation sites is 2. The first kappa shape index (κ1) is 19.7. The third-order valence-electron chi connectivity index (χ3n) is 3.32. The number of hydrogen-bond acceptors (Lipinski definition) is 7. The third-order valence-corrected chi connectivity index (χ3v) is 3.86. The van der Waals surface area contributed by atoms with Gasteiger partial charge in [0, 0.05) is 12.6 Å². The first-order valence-corrected chi connectivity index (χ1v) is 8.62. The molecule has 0 aromatic heterocycles. The van der Waals surface area contributed by atoms with Crippen molar-refractivity contribution >= 4 is 17.9 Å². The number of benzene rings is 1. The van der Waals surface area contributed by atoms with Gasteiger partial charge in [0.05, 0.1) is 4.92 Å². The minimum atomic E-state index is -0.531. The summed E-state index contributed by atoms with van der Waals surface area (Å²) in [5.41, 5.74) is -0.130. The Bertz CT molecular complexity index is 456. The Kier molecular flexibility index (Phi) is 10.4. The standard InChI is InChI=1S/C8H10N2O4S.C7H15N/c1-2-9-15-14-13-8-6-4-3-5-7(8)10(11)12;1-2-8-6-4-3-5-7-8/h3-6,9H,2H2,1H3;2-7H2,1H3. The maximum absolute atomic E-state index is 10.6. The van der Waals surface area contributed by atoms with E-state index in [1.807, 2.05) is 6.92 Å². The quantitative estimate of drug-likeness (QED) is 0.202. The van der Waals surface area contributed by atoms with Crippen LogP contribution in [0.1, 0.15) is 33.1 Å². The van der Waals surface area contributed by atoms with Gasteiger partial charge in [-0.05, 0) is 38.5 Å². The molecule has 0 amide bonds. The summed E-state index contributed by atoms with van der Waals surface area (Å²) < 4.78 is 7.42. The van der Waals surface area contributed by atoms with Crippen LogP contribution in [0.2, 0.25) is 0 Å². The molecule has 1 N–H and O–H groups in total. The Morgan fingerprint density at radius 1 is 1.26 bits per heavy atom. The lowest BCUT2D eigenvalue weighted by atomic mass is 10.1. The summed E-state index contributed by atoms with van der Waals surface area (Å²) in [6.45, 7) is 8.77. The summed E-state index contributed by atoms with van der Waals surface area (Å²) in [4.78, 5) is 17.3. The Balaban J connectivity index is 0.000000277. The lowest BCUT2D eigenvalue weighted by molar-refractivity contribution is -0.387. The number of nitro benzene ring substituents is 1. The van der Waals surface area contributed by atoms with Gasteiger partial charge in [0.1, 0.15) is 12.2 Å². The monoisotopic (exact) mass is 343 g/mol. The highest BCUT2D eigenvalue weighted by Crippen LogP contribution is 2.26. The zero-order chi connectivity index (χ0) is 16.9. The molecule has 0 unspecified atom stereocenters. The first-order valence-electron chi connectivity index (χ1n) is 7.87. The average Bonchev–Trinajstić information content (AvgIpc) is 2.60. The van der Waals surface area contributed by atoms with E-state index in [9.17, 15) is 10.1 Å². The number of nitrogens with one attached hydrogen (secondary N) is 1. The number of nitrogens with zero attached hydrogens (tertiary/aromatic N) is 2. The second-order valence-corrected chi connectivity index (χ2v) is 5.54. The van der Waals surface area contributed by atoms with Crippen LogP contribution in [-0.2, 0) is 4.33 Å². The van der Waals surface area contributed by atoms with E-state index in [0.29, 0.717) is 6.54 Å². The van der Waals surface area contributed by atoms with Crippen LogP contribution in [0.5, 0.6) is 5.75 Å². The molecule has 0 aliphatic carbocycles. The SMILES string of the molecule is CCN1CCCCC1.CCNSOOc1ccccc1[N+](=O)[O-]. The normalized spacial score (nSPS) is 14.7. The Morgan fingerprint density at radius 2 is 1.96 bits per heavy atom. The highest BCUT2D eigenvalue weighted by Gasteiger charge is 2.14. The molecular formula is C15H25N3O4S. The number of rotatable bonds is 7. The van der Waals surface area contributed by atoms with Crippen LogP contribution in [0.25, 0.3) is 0 Å². The molecule has 1 aliphatic rings. The molecule has 1 heterocycles. The van der Waals surface area contributed by atoms with E-state index in [0.717, 1.165) is 12.2 Å². The van der Waals surface area contributed by atoms with Gasteiger partial charge in [-0.1, -0.05) is 36.7 Å². The largest absolute Gasteiger partial charge is 0.317 e. The topological polar surface area (TPSA) is 76.9 Å². The van der Waals surface area contributed by atoms with Gasteiger partial charge in [-0.15, -0.1) is 0 Å². The predicted molar refractivity (Wildman–Crippen MR) is 92.0 cm³/mol. The van der Waals surface area contributed by atoms with Crippen molar-refractivity contribution < 1.29 is 14.1 Å². The smallest absolute Gasteiger partial charge is 0.315 e. The summed E-state index contributed by atoms with van der Waals surface area (Å²) in [5, 5.41) is 10.6. The molecule has 1 saturated heterocycles. The molecule has 0 saturated carbocycles. The van der Waals surface area contributed by atoms with Gasteiger partial charge < -0.3 is 9.79 Å². The molecule has 130 valence electrons. The van der Waals surface area contributed by atoms with Gasteiger partial charge in [-0.3, -0.25) is 10.1 Å². The molecule has 1 aromatic rings. The summed E-state index contributed by atoms with van der Waals surface area (Å²) in [6, 6.07) is 5.99. The van der Waals surface area contributed by atoms with E-state index in [4.69, 9.17) is 4.89 Å². The molecule has 1 fully saturated rings. The average molecular weight is 343 g/mol. The Morgan fingerprint density at radius 3 is 2.52 bits per heavy atom. The fourth-order valence-corrected chi connectivity index (χ4v) is 2.36. The highest BCUT2D eigenvalue weighted by atomic mass is 32.2. The number of piperidine rings is 1. The fraction of sp³-hybridized carbons (Fsp3) is 0.600. The van der Waals surface area contributed by atoms with E-state index >= 15 is 0 Å². The van der Waals surface area contributed by atoms with Crippen molar-refractivity contribution in [3.63, 3.8) is 0 Å². The van der Waals surface area contributed by atoms with Gasteiger partial charge in [0.15, 0.2) is 0 Å². The van der Waals surface area contributed by atoms with Gasteiger partial charge in [-0.2, -0.15) is 0 Å². The molecule has 1 aromatic carbocycles. The van der Waals surface area contributed by atoms with Gasteiger partial charge in [-0.25, -0.2) is 4.72 Å². The molecule has 0 bridgehead atoms. The van der Waals surface area contributed by atoms with E-state index in [-0.39, 0.29) is 11.4 Å². The lowest BCUT2D eigenvalue weighted by Crippen LogP contribution is -2.29. The zero-order valence-corrected chi connectivity index (χ0v) is 14.5. The van der Waals surface area contributed by atoms with Crippen molar-refractivity contribution in [3.8, 4) is 5.75 Å². The second-order valence-electron chi connectivity index (χ2n) is 4.95. The maximum Gasteiger partial charge on any atom is 0.315 e. The lowest BCUT2D eigenvalue weighted by Gasteiger charge is -2.24. The van der Waals surface area contributed by atoms with Gasteiger partial charge in [0.2, 0.25) is 5.75 Å². The summed E-state index contributed by atoms with van der Waals surface area (Å²) in [6.07, 6.45) is 4.30. The fourth-order valence-electron chi connectivity index (χ4n) is 2.09. The first-order chi connectivity index (χ1) is 11.2. The number of likely N-dealkylation sites (tertiary alicyclic amines) is 1. The second kappa shape index (κ2) is 12.1. The maximum atomic E-state index is 10.6. The van der Waals surface area contributed by atoms with E-state index in [1.165, 1.54) is 51.0 Å². The van der Waals surface area contributed by atoms with Crippen LogP contribution >= 0.6 is 12.2 Å². The molecule has 23 heavy (non-hydrogen) atoms. The highest BCUT2D eigenvalue weighted by molar-refractivity contribution is 7.92. The van der Waals surface area contributed by atoms with Crippen LogP contribution in [0.4, 0.5) is 5.69 Å². The van der Waals surface area contributed by atoms with Gasteiger partial charge in [0.25, 0.3) is 0 Å². The Labute approximate surface area is 141 Å². The summed E-state index contributed by atoms with van der Waals surface area (Å²) in [5.74, 6) is 0.0768. The summed E-state index contributed by atoms with van der Waals surface area (Å²) in [7, 11) is 0. The minimum absolute atomic E-state index is 0.0768. The Hall–Kier alpha value is -1.35. The van der Waals surface area contributed by atoms with Crippen LogP contribution in [0, 0.1) is 10.1 Å². The van der Waals surface area contributed by atoms with Crippen molar-refractivity contribution in [1.82, 2.24) is 9.62 Å². The van der Waals surface area contributed by atoms with Crippen molar-refractivity contribution in [2.75, 3.05) is 26.2 Å². The van der Waals surface area contributed by atoms with E-state index in [2.05, 4.69) is 20.9 Å². The van der Waals surface area contributed by atoms with Crippen molar-refractivity contribution in [1.29, 1.82) is 0 Å². The van der Waals surface area contributed by atoms with E-state index in [1.54, 1.807) is 12.1 Å². The summed E-state index contributed by atoms with van der Waals surface area (Å²) >= 11 is 0.874. The molecule has 2 rings (SSSR count). The van der Waals surface area contributed by atoms with Crippen molar-refractivity contribution in [3.05, 3.63) is 34.4 Å². The van der Waals surface area contributed by atoms with Crippen molar-refractivity contribution in [2.24, 2.45) is 0 Å². The van der Waals surface area contributed by atoms with Crippen LogP contribution in [-0.4, -0.2) is 36.0 Å². The predicted octanol–water partition coefficient (Wildman–Crippen LogP) is 3.57. The van der Waals surface area contributed by atoms with E-state index < -0.39 is 4.92 Å². The molecule has 7 nitrogen and oxygen atoms in total. The molecule has 1 aliphatic heterocycles. The molecule has 0 spiro atoms. The number of nitro groups is 1. The van der Waals surface area contributed by atoms with Crippen LogP contribution in [0.15, 0.2) is 24.3 Å². The third kappa shape index (κ3) is 8.17. The molecule has 8 heteroatoms. The molecular weight excluding hydrogens is 318 g/mol. The number of hydrogen-bond donors (Lipinski definition) is 1. The van der Waals surface area contributed by atoms with Gasteiger partial charge >= 0.3 is 5.69 Å². The molecule has 0 atom stereocenters. The minimum Gasteiger partial charge on any atom is -0.317 e. The van der Waals surface area contributed by atoms with Crippen molar-refractivity contribution in [2.45, 2.75) is 33.1 Å². The van der Waals surface area contributed by atoms with Crippen LogP contribution in [0.3, 0.4) is 0 Å².